The lowest BCUT2D eigenvalue weighted by Gasteiger charge is -2.22. The highest BCUT2D eigenvalue weighted by Crippen LogP contribution is 2.20. The molecule has 2 heterocycles. The Hall–Kier alpha value is -1.94. The van der Waals surface area contributed by atoms with Gasteiger partial charge in [0.1, 0.15) is 5.56 Å². The number of esters is 1. The van der Waals surface area contributed by atoms with Gasteiger partial charge in [0, 0.05) is 32.6 Å². The van der Waals surface area contributed by atoms with Crippen LogP contribution >= 0.6 is 0 Å². The zero-order valence-corrected chi connectivity index (χ0v) is 15.5. The molecule has 2 rings (SSSR count). The van der Waals surface area contributed by atoms with Gasteiger partial charge >= 0.3 is 5.97 Å². The number of sulfonamides is 1. The minimum Gasteiger partial charge on any atom is -0.465 e. The van der Waals surface area contributed by atoms with Crippen molar-refractivity contribution in [2.45, 2.75) is 31.7 Å². The molecule has 1 amide bonds. The van der Waals surface area contributed by atoms with Crippen LogP contribution in [-0.2, 0) is 19.6 Å². The highest BCUT2D eigenvalue weighted by molar-refractivity contribution is 7.89. The molecule has 0 aliphatic carbocycles. The van der Waals surface area contributed by atoms with Gasteiger partial charge in [0.2, 0.25) is 5.91 Å². The summed E-state index contributed by atoms with van der Waals surface area (Å²) in [6, 6.07) is 0. The van der Waals surface area contributed by atoms with E-state index < -0.39 is 16.0 Å². The summed E-state index contributed by atoms with van der Waals surface area (Å²) in [5.74, 6) is -0.481. The second-order valence-electron chi connectivity index (χ2n) is 6.34. The molecule has 140 valence electrons. The number of hydrogen-bond donors (Lipinski definition) is 1. The van der Waals surface area contributed by atoms with E-state index in [4.69, 9.17) is 0 Å². The van der Waals surface area contributed by atoms with Crippen molar-refractivity contribution in [1.29, 1.82) is 0 Å². The third-order valence-corrected chi connectivity index (χ3v) is 5.87. The monoisotopic (exact) mass is 372 g/mol. The molecule has 1 saturated heterocycles. The maximum atomic E-state index is 12.8. The van der Waals surface area contributed by atoms with E-state index >= 15 is 0 Å². The molecule has 1 N–H and O–H groups in total. The predicted molar refractivity (Wildman–Crippen MR) is 89.3 cm³/mol. The summed E-state index contributed by atoms with van der Waals surface area (Å²) in [4.78, 5) is 25.6. The zero-order valence-electron chi connectivity index (χ0n) is 14.7. The molecule has 1 aromatic rings. The Kier molecular flexibility index (Phi) is 6.17. The van der Waals surface area contributed by atoms with Crippen molar-refractivity contribution < 1.29 is 22.7 Å². The smallest absolute Gasteiger partial charge is 0.342 e. The molecule has 0 bridgehead atoms. The quantitative estimate of drug-likeness (QED) is 0.752. The first-order valence-electron chi connectivity index (χ1n) is 8.17. The number of carbonyl (C=O) groups is 2. The van der Waals surface area contributed by atoms with Crippen LogP contribution in [0.15, 0.2) is 11.2 Å². The van der Waals surface area contributed by atoms with Crippen molar-refractivity contribution in [2.75, 3.05) is 33.3 Å². The van der Waals surface area contributed by atoms with E-state index in [0.29, 0.717) is 25.9 Å². The fraction of sp³-hybridized carbons (Fsp3) is 0.667. The van der Waals surface area contributed by atoms with Gasteiger partial charge in [-0.2, -0.15) is 9.40 Å². The maximum absolute atomic E-state index is 12.8. The first-order chi connectivity index (χ1) is 11.8. The number of amides is 1. The number of rotatable bonds is 5. The highest BCUT2D eigenvalue weighted by atomic mass is 32.2. The van der Waals surface area contributed by atoms with Crippen LogP contribution in [0.2, 0.25) is 0 Å². The van der Waals surface area contributed by atoms with Crippen LogP contribution in [0, 0.1) is 5.92 Å². The lowest BCUT2D eigenvalue weighted by atomic mass is 10.1. The Morgan fingerprint density at radius 2 is 2.00 bits per heavy atom. The molecule has 9 nitrogen and oxygen atoms in total. The predicted octanol–water partition coefficient (Wildman–Crippen LogP) is 0.465. The van der Waals surface area contributed by atoms with E-state index in [-0.39, 0.29) is 35.5 Å². The summed E-state index contributed by atoms with van der Waals surface area (Å²) in [5.41, 5.74) is -0.125. The largest absolute Gasteiger partial charge is 0.465 e. The number of aromatic amines is 1. The van der Waals surface area contributed by atoms with Crippen LogP contribution in [-0.4, -0.2) is 73.0 Å². The van der Waals surface area contributed by atoms with E-state index in [1.54, 1.807) is 4.90 Å². The number of nitrogens with zero attached hydrogens (tertiary/aromatic N) is 3. The fourth-order valence-electron chi connectivity index (χ4n) is 2.72. The Balaban J connectivity index is 2.15. The van der Waals surface area contributed by atoms with Crippen LogP contribution in [0.3, 0.4) is 0 Å². The van der Waals surface area contributed by atoms with Crippen molar-refractivity contribution >= 4 is 21.9 Å². The van der Waals surface area contributed by atoms with E-state index in [1.807, 2.05) is 13.8 Å². The molecule has 1 aromatic heterocycles. The number of methoxy groups -OCH3 is 1. The molecule has 0 saturated carbocycles. The van der Waals surface area contributed by atoms with E-state index in [9.17, 15) is 18.0 Å². The fourth-order valence-corrected chi connectivity index (χ4v) is 4.25. The minimum atomic E-state index is -3.92. The van der Waals surface area contributed by atoms with Gasteiger partial charge < -0.3 is 9.64 Å². The number of carbonyl (C=O) groups excluding carboxylic acids is 2. The van der Waals surface area contributed by atoms with Crippen LogP contribution in [0.5, 0.6) is 0 Å². The number of aromatic nitrogens is 2. The molecule has 1 aliphatic heterocycles. The molecule has 0 spiro atoms. The lowest BCUT2D eigenvalue weighted by Crippen LogP contribution is -2.38. The Labute approximate surface area is 147 Å². The third-order valence-electron chi connectivity index (χ3n) is 4.00. The zero-order chi connectivity index (χ0) is 18.6. The second kappa shape index (κ2) is 7.96. The lowest BCUT2D eigenvalue weighted by molar-refractivity contribution is -0.131. The number of hydrogen-bond acceptors (Lipinski definition) is 6. The molecule has 0 unspecified atom stereocenters. The van der Waals surface area contributed by atoms with Gasteiger partial charge in [0.15, 0.2) is 5.03 Å². The van der Waals surface area contributed by atoms with Gasteiger partial charge in [0.25, 0.3) is 10.0 Å². The van der Waals surface area contributed by atoms with Crippen molar-refractivity contribution in [1.82, 2.24) is 19.4 Å². The topological polar surface area (TPSA) is 113 Å². The number of nitrogens with one attached hydrogen (secondary N) is 1. The van der Waals surface area contributed by atoms with Crippen molar-refractivity contribution in [3.63, 3.8) is 0 Å². The summed E-state index contributed by atoms with van der Waals surface area (Å²) < 4.78 is 31.5. The van der Waals surface area contributed by atoms with Gasteiger partial charge in [-0.3, -0.25) is 9.89 Å². The summed E-state index contributed by atoms with van der Waals surface area (Å²) >= 11 is 0. The van der Waals surface area contributed by atoms with Crippen molar-refractivity contribution in [3.8, 4) is 0 Å². The third kappa shape index (κ3) is 4.37. The Morgan fingerprint density at radius 1 is 1.28 bits per heavy atom. The molecule has 10 heteroatoms. The van der Waals surface area contributed by atoms with Crippen LogP contribution < -0.4 is 0 Å². The van der Waals surface area contributed by atoms with E-state index in [0.717, 1.165) is 6.20 Å². The summed E-state index contributed by atoms with van der Waals surface area (Å²) in [6.45, 7) is 5.23. The minimum absolute atomic E-state index is 0.0334. The number of ether oxygens (including phenoxy) is 1. The van der Waals surface area contributed by atoms with Gasteiger partial charge in [-0.15, -0.1) is 0 Å². The first-order valence-corrected chi connectivity index (χ1v) is 9.61. The van der Waals surface area contributed by atoms with Gasteiger partial charge in [-0.05, 0) is 12.3 Å². The molecule has 0 aromatic carbocycles. The van der Waals surface area contributed by atoms with Gasteiger partial charge in [0.05, 0.1) is 13.3 Å². The normalized spacial score (nSPS) is 16.7. The number of H-pyrrole nitrogens is 1. The molecular formula is C15H24N4O5S. The van der Waals surface area contributed by atoms with E-state index in [1.165, 1.54) is 11.4 Å². The SMILES string of the molecule is COC(=O)c1cn[nH]c1S(=O)(=O)N1CCCN(C(=O)CC(C)C)CC1. The van der Waals surface area contributed by atoms with Crippen LogP contribution in [0.4, 0.5) is 0 Å². The Bertz CT molecular complexity index is 728. The molecule has 0 atom stereocenters. The first kappa shape index (κ1) is 19.4. The molecular weight excluding hydrogens is 348 g/mol. The Morgan fingerprint density at radius 3 is 2.64 bits per heavy atom. The van der Waals surface area contributed by atoms with Crippen molar-refractivity contribution in [3.05, 3.63) is 11.8 Å². The summed E-state index contributed by atoms with van der Waals surface area (Å²) in [6.07, 6.45) is 2.11. The van der Waals surface area contributed by atoms with Crippen LogP contribution in [0.1, 0.15) is 37.0 Å². The summed E-state index contributed by atoms with van der Waals surface area (Å²) in [7, 11) is -2.75. The molecule has 25 heavy (non-hydrogen) atoms. The molecule has 0 radical (unpaired) electrons. The van der Waals surface area contributed by atoms with Gasteiger partial charge in [-0.1, -0.05) is 13.8 Å². The highest BCUT2D eigenvalue weighted by Gasteiger charge is 2.33. The average molecular weight is 372 g/mol. The average Bonchev–Trinajstić information content (AvgIpc) is 2.91. The second-order valence-corrected chi connectivity index (χ2v) is 8.22. The summed E-state index contributed by atoms with van der Waals surface area (Å²) in [5, 5.41) is 5.76. The standard InChI is InChI=1S/C15H24N4O5S/c1-11(2)9-13(20)18-5-4-6-19(8-7-18)25(22,23)14-12(10-16-17-14)15(21)24-3/h10-11H,4-9H2,1-3H3,(H,16,17). The van der Waals surface area contributed by atoms with Crippen molar-refractivity contribution in [2.24, 2.45) is 5.92 Å². The van der Waals surface area contributed by atoms with Gasteiger partial charge in [-0.25, -0.2) is 13.2 Å². The van der Waals surface area contributed by atoms with Crippen LogP contribution in [0.25, 0.3) is 0 Å². The van der Waals surface area contributed by atoms with E-state index in [2.05, 4.69) is 14.9 Å². The molecule has 1 fully saturated rings. The molecule has 1 aliphatic rings. The maximum Gasteiger partial charge on any atom is 0.342 e.